The zero-order chi connectivity index (χ0) is 20.9. The van der Waals surface area contributed by atoms with Crippen LogP contribution in [0.2, 0.25) is 0 Å². The van der Waals surface area contributed by atoms with Crippen LogP contribution in [0.5, 0.6) is 0 Å². The van der Waals surface area contributed by atoms with Crippen molar-refractivity contribution in [2.75, 3.05) is 13.1 Å². The summed E-state index contributed by atoms with van der Waals surface area (Å²) in [7, 11) is 0. The minimum atomic E-state index is -0.367. The molecule has 2 aromatic carbocycles. The van der Waals surface area contributed by atoms with Crippen molar-refractivity contribution in [1.29, 1.82) is 0 Å². The number of piperidine rings is 1. The van der Waals surface area contributed by atoms with Gasteiger partial charge in [-0.2, -0.15) is 0 Å². The normalized spacial score (nSPS) is 15.0. The zero-order valence-corrected chi connectivity index (χ0v) is 16.6. The van der Waals surface area contributed by atoms with Gasteiger partial charge >= 0.3 is 0 Å². The van der Waals surface area contributed by atoms with E-state index in [1.165, 1.54) is 5.56 Å². The van der Waals surface area contributed by atoms with Gasteiger partial charge in [0, 0.05) is 49.9 Å². The minimum absolute atomic E-state index is 0.131. The molecule has 0 spiro atoms. The summed E-state index contributed by atoms with van der Waals surface area (Å²) >= 11 is 0. The molecule has 1 aliphatic heterocycles. The van der Waals surface area contributed by atoms with Crippen LogP contribution < -0.4 is 0 Å². The van der Waals surface area contributed by atoms with Crippen LogP contribution in [0.15, 0.2) is 54.7 Å². The molecule has 0 saturated carbocycles. The fraction of sp³-hybridized carbons (Fsp3) is 0.304. The van der Waals surface area contributed by atoms with Crippen LogP contribution in [-0.4, -0.2) is 37.9 Å². The first-order chi connectivity index (χ1) is 14.6. The zero-order valence-electron chi connectivity index (χ0n) is 16.6. The van der Waals surface area contributed by atoms with Crippen LogP contribution in [0.1, 0.15) is 41.3 Å². The first-order valence-corrected chi connectivity index (χ1v) is 10.0. The van der Waals surface area contributed by atoms with Crippen LogP contribution in [-0.2, 0) is 13.0 Å². The lowest BCUT2D eigenvalue weighted by Gasteiger charge is -2.31. The number of nitro benzene ring substituents is 1. The predicted octanol–water partition coefficient (Wildman–Crippen LogP) is 3.60. The van der Waals surface area contributed by atoms with Gasteiger partial charge in [-0.25, -0.2) is 4.68 Å². The molecule has 1 saturated heterocycles. The Morgan fingerprint density at radius 2 is 1.73 bits per heavy atom. The van der Waals surface area contributed by atoms with Gasteiger partial charge in [-0.1, -0.05) is 35.4 Å². The molecule has 0 aliphatic carbocycles. The van der Waals surface area contributed by atoms with Crippen molar-refractivity contribution in [2.24, 2.45) is 0 Å². The third-order valence-electron chi connectivity index (χ3n) is 5.55. The molecule has 7 nitrogen and oxygen atoms in total. The highest BCUT2D eigenvalue weighted by atomic mass is 16.6. The molecule has 30 heavy (non-hydrogen) atoms. The molecule has 7 heteroatoms. The summed E-state index contributed by atoms with van der Waals surface area (Å²) in [6.45, 7) is 2.73. The van der Waals surface area contributed by atoms with E-state index in [0.29, 0.717) is 6.04 Å². The Kier molecular flexibility index (Phi) is 5.87. The number of hydrogen-bond donors (Lipinski definition) is 0. The van der Waals surface area contributed by atoms with Crippen LogP contribution >= 0.6 is 0 Å². The molecule has 1 aliphatic rings. The Morgan fingerprint density at radius 3 is 2.37 bits per heavy atom. The fourth-order valence-electron chi connectivity index (χ4n) is 3.82. The van der Waals surface area contributed by atoms with Crippen LogP contribution in [0.25, 0.3) is 0 Å². The summed E-state index contributed by atoms with van der Waals surface area (Å²) in [6.07, 6.45) is 10.2. The van der Waals surface area contributed by atoms with E-state index in [1.807, 2.05) is 47.3 Å². The second-order valence-electron chi connectivity index (χ2n) is 7.64. The summed E-state index contributed by atoms with van der Waals surface area (Å²) in [5.74, 6) is 2.63. The Bertz CT molecular complexity index is 1040. The number of terminal acetylenes is 1. The number of benzene rings is 2. The van der Waals surface area contributed by atoms with Crippen molar-refractivity contribution in [3.63, 3.8) is 0 Å². The number of aromatic nitrogens is 3. The van der Waals surface area contributed by atoms with Gasteiger partial charge in [0.05, 0.1) is 16.7 Å². The number of hydrogen-bond acceptors (Lipinski definition) is 5. The first kappa shape index (κ1) is 19.8. The van der Waals surface area contributed by atoms with Gasteiger partial charge in [0.1, 0.15) is 0 Å². The molecule has 3 aromatic rings. The molecule has 0 unspecified atom stereocenters. The van der Waals surface area contributed by atoms with Gasteiger partial charge < -0.3 is 0 Å². The van der Waals surface area contributed by atoms with Crippen molar-refractivity contribution >= 4 is 5.69 Å². The van der Waals surface area contributed by atoms with Crippen molar-refractivity contribution in [1.82, 2.24) is 19.9 Å². The Hall–Kier alpha value is -3.50. The highest BCUT2D eigenvalue weighted by molar-refractivity contribution is 5.35. The van der Waals surface area contributed by atoms with Crippen molar-refractivity contribution < 1.29 is 4.92 Å². The maximum absolute atomic E-state index is 10.8. The molecular formula is C23H23N5O2. The van der Waals surface area contributed by atoms with Gasteiger partial charge in [0.25, 0.3) is 5.69 Å². The fourth-order valence-corrected chi connectivity index (χ4v) is 3.82. The van der Waals surface area contributed by atoms with Crippen LogP contribution in [0, 0.1) is 22.5 Å². The molecule has 0 N–H and O–H groups in total. The largest absolute Gasteiger partial charge is 0.299 e. The van der Waals surface area contributed by atoms with E-state index in [4.69, 9.17) is 6.42 Å². The number of nitro groups is 1. The molecule has 0 bridgehead atoms. The molecule has 0 amide bonds. The summed E-state index contributed by atoms with van der Waals surface area (Å²) < 4.78 is 1.99. The maximum atomic E-state index is 10.8. The second kappa shape index (κ2) is 8.89. The number of nitrogens with zero attached hydrogens (tertiary/aromatic N) is 5. The van der Waals surface area contributed by atoms with Crippen LogP contribution in [0.3, 0.4) is 0 Å². The predicted molar refractivity (Wildman–Crippen MR) is 114 cm³/mol. The number of rotatable bonds is 6. The van der Waals surface area contributed by atoms with E-state index in [0.717, 1.165) is 55.7 Å². The molecule has 1 fully saturated rings. The highest BCUT2D eigenvalue weighted by Gasteiger charge is 2.22. The summed E-state index contributed by atoms with van der Waals surface area (Å²) in [5.41, 5.74) is 4.23. The molecule has 152 valence electrons. The average Bonchev–Trinajstić information content (AvgIpc) is 3.24. The van der Waals surface area contributed by atoms with Crippen molar-refractivity contribution in [3.05, 3.63) is 87.2 Å². The smallest absolute Gasteiger partial charge is 0.269 e. The van der Waals surface area contributed by atoms with Crippen molar-refractivity contribution in [3.8, 4) is 12.3 Å². The van der Waals surface area contributed by atoms with Gasteiger partial charge in [-0.05, 0) is 36.1 Å². The molecule has 0 radical (unpaired) electrons. The topological polar surface area (TPSA) is 77.1 Å². The molecule has 1 aromatic heterocycles. The monoisotopic (exact) mass is 401 g/mol. The molecule has 0 atom stereocenters. The minimum Gasteiger partial charge on any atom is -0.299 e. The maximum Gasteiger partial charge on any atom is 0.269 e. The quantitative estimate of drug-likeness (QED) is 0.358. The van der Waals surface area contributed by atoms with Gasteiger partial charge in [0.15, 0.2) is 0 Å². The van der Waals surface area contributed by atoms with E-state index in [-0.39, 0.29) is 10.6 Å². The Labute approximate surface area is 175 Å². The van der Waals surface area contributed by atoms with E-state index in [9.17, 15) is 10.1 Å². The lowest BCUT2D eigenvalue weighted by Crippen LogP contribution is -2.34. The average molecular weight is 401 g/mol. The third kappa shape index (κ3) is 4.73. The SMILES string of the molecule is C#Cc1ccc(Cc2cn(C3CCN(Cc4ccc([N+](=O)[O-])cc4)CC3)nn2)cc1. The van der Waals surface area contributed by atoms with E-state index in [2.05, 4.69) is 21.1 Å². The van der Waals surface area contributed by atoms with Gasteiger partial charge in [-0.3, -0.25) is 15.0 Å². The molecule has 4 rings (SSSR count). The van der Waals surface area contributed by atoms with E-state index < -0.39 is 0 Å². The number of non-ortho nitro benzene ring substituents is 1. The summed E-state index contributed by atoms with van der Waals surface area (Å²) in [6, 6.07) is 15.1. The Balaban J connectivity index is 1.30. The first-order valence-electron chi connectivity index (χ1n) is 10.0. The Morgan fingerprint density at radius 1 is 1.07 bits per heavy atom. The standard InChI is InChI=1S/C23H23N5O2/c1-2-18-3-5-19(6-4-18)15-21-17-27(25-24-21)22-11-13-26(14-12-22)16-20-7-9-23(10-8-20)28(29)30/h1,3-10,17,22H,11-16H2. The van der Waals surface area contributed by atoms with Crippen LogP contribution in [0.4, 0.5) is 5.69 Å². The second-order valence-corrected chi connectivity index (χ2v) is 7.64. The third-order valence-corrected chi connectivity index (χ3v) is 5.55. The molecule has 2 heterocycles. The van der Waals surface area contributed by atoms with Gasteiger partial charge in [0.2, 0.25) is 0 Å². The molecular weight excluding hydrogens is 378 g/mol. The summed E-state index contributed by atoms with van der Waals surface area (Å²) in [4.78, 5) is 12.8. The van der Waals surface area contributed by atoms with E-state index in [1.54, 1.807) is 12.1 Å². The lowest BCUT2D eigenvalue weighted by atomic mass is 10.0. The highest BCUT2D eigenvalue weighted by Crippen LogP contribution is 2.24. The van der Waals surface area contributed by atoms with Gasteiger partial charge in [-0.15, -0.1) is 11.5 Å². The van der Waals surface area contributed by atoms with Crippen molar-refractivity contribution in [2.45, 2.75) is 31.8 Å². The lowest BCUT2D eigenvalue weighted by molar-refractivity contribution is -0.384. The van der Waals surface area contributed by atoms with E-state index >= 15 is 0 Å². The number of likely N-dealkylation sites (tertiary alicyclic amines) is 1. The summed E-state index contributed by atoms with van der Waals surface area (Å²) in [5, 5.41) is 19.5.